The van der Waals surface area contributed by atoms with Crippen LogP contribution in [0.3, 0.4) is 0 Å². The molecule has 0 bridgehead atoms. The summed E-state index contributed by atoms with van der Waals surface area (Å²) in [6.45, 7) is 3.80. The van der Waals surface area contributed by atoms with Gasteiger partial charge >= 0.3 is 5.97 Å². The zero-order valence-electron chi connectivity index (χ0n) is 14.8. The number of phenols is 1. The first-order valence-electron chi connectivity index (χ1n) is 8.09. The van der Waals surface area contributed by atoms with Gasteiger partial charge in [0.25, 0.3) is 10.0 Å². The molecule has 8 nitrogen and oxygen atoms in total. The lowest BCUT2D eigenvalue weighted by molar-refractivity contribution is -0.120. The summed E-state index contributed by atoms with van der Waals surface area (Å²) in [6, 6.07) is 8.28. The summed E-state index contributed by atoms with van der Waals surface area (Å²) in [5.41, 5.74) is 0.688. The topological polar surface area (TPSA) is 133 Å². The minimum Gasteiger partial charge on any atom is -0.507 e. The molecule has 2 aromatic rings. The summed E-state index contributed by atoms with van der Waals surface area (Å²) >= 11 is 0. The van der Waals surface area contributed by atoms with Crippen LogP contribution in [0.15, 0.2) is 41.3 Å². The van der Waals surface area contributed by atoms with Crippen molar-refractivity contribution in [3.05, 3.63) is 53.1 Å². The standard InChI is InChI=1S/C18H20N2O6S/c1-3-19-17(22)9-12-4-6-13(7-5-12)20-27(25,26)16-10-14(18(23)24)15(21)8-11(16)2/h4-8,10,20-21H,3,9H2,1-2H3,(H,19,22)(H,23,24). The molecule has 2 rings (SSSR count). The second-order valence-corrected chi connectivity index (χ2v) is 7.52. The Bertz CT molecular complexity index is 968. The van der Waals surface area contributed by atoms with Crippen LogP contribution in [0.25, 0.3) is 0 Å². The number of rotatable bonds is 7. The van der Waals surface area contributed by atoms with Crippen LogP contribution in [-0.2, 0) is 21.2 Å². The Morgan fingerprint density at radius 1 is 1.11 bits per heavy atom. The number of sulfonamides is 1. The smallest absolute Gasteiger partial charge is 0.339 e. The molecular formula is C18H20N2O6S. The molecule has 1 amide bonds. The highest BCUT2D eigenvalue weighted by atomic mass is 32.2. The number of carbonyl (C=O) groups is 2. The Balaban J connectivity index is 2.25. The maximum Gasteiger partial charge on any atom is 0.339 e. The normalized spacial score (nSPS) is 11.0. The van der Waals surface area contributed by atoms with E-state index in [9.17, 15) is 23.1 Å². The summed E-state index contributed by atoms with van der Waals surface area (Å²) in [6.07, 6.45) is 0.180. The van der Waals surface area contributed by atoms with Gasteiger partial charge in [-0.2, -0.15) is 0 Å². The van der Waals surface area contributed by atoms with Gasteiger partial charge < -0.3 is 15.5 Å². The lowest BCUT2D eigenvalue weighted by Crippen LogP contribution is -2.24. The number of carbonyl (C=O) groups excluding carboxylic acids is 1. The van der Waals surface area contributed by atoms with E-state index in [4.69, 9.17) is 5.11 Å². The van der Waals surface area contributed by atoms with E-state index in [1.807, 2.05) is 6.92 Å². The molecule has 0 fully saturated rings. The third kappa shape index (κ3) is 4.98. The molecule has 144 valence electrons. The van der Waals surface area contributed by atoms with Gasteiger partial charge in [-0.1, -0.05) is 12.1 Å². The number of amides is 1. The minimum atomic E-state index is -4.07. The number of likely N-dealkylation sites (N-methyl/N-ethyl adjacent to an activating group) is 1. The summed E-state index contributed by atoms with van der Waals surface area (Å²) in [5, 5.41) is 21.4. The number of anilines is 1. The molecule has 0 heterocycles. The van der Waals surface area contributed by atoms with E-state index in [0.29, 0.717) is 6.54 Å². The number of benzene rings is 2. The van der Waals surface area contributed by atoms with E-state index in [1.54, 1.807) is 12.1 Å². The zero-order chi connectivity index (χ0) is 20.2. The van der Waals surface area contributed by atoms with Gasteiger partial charge in [-0.05, 0) is 49.2 Å². The SMILES string of the molecule is CCNC(=O)Cc1ccc(NS(=O)(=O)c2cc(C(=O)O)c(O)cc2C)cc1. The van der Waals surface area contributed by atoms with Crippen LogP contribution < -0.4 is 10.0 Å². The van der Waals surface area contributed by atoms with E-state index in [-0.39, 0.29) is 28.5 Å². The zero-order valence-corrected chi connectivity index (χ0v) is 15.6. The molecule has 0 radical (unpaired) electrons. The Kier molecular flexibility index (Phi) is 6.06. The van der Waals surface area contributed by atoms with Crippen LogP contribution in [-0.4, -0.2) is 37.1 Å². The number of carboxylic acid groups (broad SMARTS) is 1. The van der Waals surface area contributed by atoms with Crippen LogP contribution in [0.5, 0.6) is 5.75 Å². The molecule has 0 spiro atoms. The van der Waals surface area contributed by atoms with Crippen LogP contribution in [0.4, 0.5) is 5.69 Å². The van der Waals surface area contributed by atoms with Gasteiger partial charge in [-0.15, -0.1) is 0 Å². The molecule has 4 N–H and O–H groups in total. The summed E-state index contributed by atoms with van der Waals surface area (Å²) in [5.74, 6) is -2.07. The van der Waals surface area contributed by atoms with Crippen molar-refractivity contribution < 1.29 is 28.2 Å². The Morgan fingerprint density at radius 3 is 2.30 bits per heavy atom. The number of carboxylic acids is 1. The van der Waals surface area contributed by atoms with Crippen molar-refractivity contribution in [2.24, 2.45) is 0 Å². The van der Waals surface area contributed by atoms with E-state index in [0.717, 1.165) is 17.7 Å². The molecule has 0 unspecified atom stereocenters. The fourth-order valence-electron chi connectivity index (χ4n) is 2.48. The maximum atomic E-state index is 12.6. The van der Waals surface area contributed by atoms with Crippen molar-refractivity contribution in [3.8, 4) is 5.75 Å². The second-order valence-electron chi connectivity index (χ2n) is 5.87. The van der Waals surface area contributed by atoms with Crippen molar-refractivity contribution in [2.45, 2.75) is 25.2 Å². The van der Waals surface area contributed by atoms with Gasteiger partial charge in [0.15, 0.2) is 0 Å². The van der Waals surface area contributed by atoms with E-state index in [1.165, 1.54) is 19.1 Å². The van der Waals surface area contributed by atoms with Gasteiger partial charge in [-0.25, -0.2) is 13.2 Å². The average Bonchev–Trinajstić information content (AvgIpc) is 2.56. The number of aromatic hydroxyl groups is 1. The summed E-state index contributed by atoms with van der Waals surface area (Å²) < 4.78 is 27.6. The fraction of sp³-hybridized carbons (Fsp3) is 0.222. The predicted octanol–water partition coefficient (Wildman–Crippen LogP) is 1.88. The third-order valence-corrected chi connectivity index (χ3v) is 5.28. The fourth-order valence-corrected chi connectivity index (χ4v) is 3.79. The highest BCUT2D eigenvalue weighted by Gasteiger charge is 2.22. The van der Waals surface area contributed by atoms with Crippen molar-refractivity contribution in [3.63, 3.8) is 0 Å². The van der Waals surface area contributed by atoms with Gasteiger partial charge in [0.1, 0.15) is 11.3 Å². The minimum absolute atomic E-state index is 0.133. The molecular weight excluding hydrogens is 372 g/mol. The largest absolute Gasteiger partial charge is 0.507 e. The maximum absolute atomic E-state index is 12.6. The monoisotopic (exact) mass is 392 g/mol. The Labute approximate surface area is 156 Å². The molecule has 27 heavy (non-hydrogen) atoms. The van der Waals surface area contributed by atoms with Gasteiger partial charge in [0.05, 0.1) is 11.3 Å². The van der Waals surface area contributed by atoms with Crippen LogP contribution in [0.1, 0.15) is 28.4 Å². The molecule has 0 aliphatic rings. The number of aromatic carboxylic acids is 1. The van der Waals surface area contributed by atoms with Crippen LogP contribution in [0, 0.1) is 6.92 Å². The summed E-state index contributed by atoms with van der Waals surface area (Å²) in [7, 11) is -4.07. The lowest BCUT2D eigenvalue weighted by Gasteiger charge is -2.12. The molecule has 0 aliphatic heterocycles. The lowest BCUT2D eigenvalue weighted by atomic mass is 10.1. The van der Waals surface area contributed by atoms with Crippen LogP contribution >= 0.6 is 0 Å². The van der Waals surface area contributed by atoms with Crippen molar-refractivity contribution in [1.29, 1.82) is 0 Å². The van der Waals surface area contributed by atoms with Gasteiger partial charge in [0, 0.05) is 12.2 Å². The summed E-state index contributed by atoms with van der Waals surface area (Å²) in [4.78, 5) is 22.5. The van der Waals surface area contributed by atoms with E-state index >= 15 is 0 Å². The van der Waals surface area contributed by atoms with Crippen molar-refractivity contribution >= 4 is 27.6 Å². The third-order valence-electron chi connectivity index (χ3n) is 3.76. The first-order valence-corrected chi connectivity index (χ1v) is 9.57. The molecule has 0 aromatic heterocycles. The quantitative estimate of drug-likeness (QED) is 0.569. The number of hydrogen-bond donors (Lipinski definition) is 4. The molecule has 9 heteroatoms. The average molecular weight is 392 g/mol. The van der Waals surface area contributed by atoms with Crippen LogP contribution in [0.2, 0.25) is 0 Å². The first kappa shape index (κ1) is 20.2. The molecule has 0 aliphatic carbocycles. The number of nitrogens with one attached hydrogen (secondary N) is 2. The van der Waals surface area contributed by atoms with Crippen molar-refractivity contribution in [2.75, 3.05) is 11.3 Å². The predicted molar refractivity (Wildman–Crippen MR) is 99.4 cm³/mol. The molecule has 0 saturated heterocycles. The molecule has 2 aromatic carbocycles. The highest BCUT2D eigenvalue weighted by molar-refractivity contribution is 7.92. The van der Waals surface area contributed by atoms with E-state index < -0.39 is 27.3 Å². The molecule has 0 atom stereocenters. The van der Waals surface area contributed by atoms with Crippen molar-refractivity contribution in [1.82, 2.24) is 5.32 Å². The Morgan fingerprint density at radius 2 is 1.74 bits per heavy atom. The Hall–Kier alpha value is -3.07. The van der Waals surface area contributed by atoms with Gasteiger partial charge in [0.2, 0.25) is 5.91 Å². The van der Waals surface area contributed by atoms with Gasteiger partial charge in [-0.3, -0.25) is 9.52 Å². The number of hydrogen-bond acceptors (Lipinski definition) is 5. The second kappa shape index (κ2) is 8.09. The molecule has 0 saturated carbocycles. The first-order chi connectivity index (χ1) is 12.6. The van der Waals surface area contributed by atoms with E-state index in [2.05, 4.69) is 10.0 Å². The number of aryl methyl sites for hydroxylation is 1. The highest BCUT2D eigenvalue weighted by Crippen LogP contribution is 2.27.